The van der Waals surface area contributed by atoms with Gasteiger partial charge in [-0.05, 0) is 30.7 Å². The summed E-state index contributed by atoms with van der Waals surface area (Å²) in [4.78, 5) is 25.5. The van der Waals surface area contributed by atoms with E-state index in [1.165, 1.54) is 12.1 Å². The number of hydrogen-bond acceptors (Lipinski definition) is 3. The van der Waals surface area contributed by atoms with Crippen molar-refractivity contribution in [1.82, 2.24) is 4.57 Å². The molecule has 30 heavy (non-hydrogen) atoms. The molecule has 2 aromatic carbocycles. The molecule has 1 amide bonds. The van der Waals surface area contributed by atoms with Crippen molar-refractivity contribution in [3.05, 3.63) is 83.7 Å². The van der Waals surface area contributed by atoms with E-state index in [2.05, 4.69) is 10.1 Å². The van der Waals surface area contributed by atoms with Crippen molar-refractivity contribution in [2.75, 3.05) is 5.32 Å². The molecule has 1 aliphatic rings. The molecule has 1 aliphatic heterocycles. The Morgan fingerprint density at radius 3 is 2.50 bits per heavy atom. The Labute approximate surface area is 170 Å². The van der Waals surface area contributed by atoms with Gasteiger partial charge in [0, 0.05) is 29.6 Å². The van der Waals surface area contributed by atoms with Gasteiger partial charge in [0.2, 0.25) is 11.7 Å². The summed E-state index contributed by atoms with van der Waals surface area (Å²) in [5.41, 5.74) is 1.97. The number of halogens is 3. The molecule has 1 atom stereocenters. The summed E-state index contributed by atoms with van der Waals surface area (Å²) >= 11 is 0. The van der Waals surface area contributed by atoms with Crippen LogP contribution in [0.3, 0.4) is 0 Å². The van der Waals surface area contributed by atoms with E-state index in [1.54, 1.807) is 36.4 Å². The number of rotatable bonds is 5. The number of nitrogens with one attached hydrogen (secondary N) is 1. The van der Waals surface area contributed by atoms with E-state index < -0.39 is 18.0 Å². The number of carbonyl (C=O) groups is 2. The van der Waals surface area contributed by atoms with Crippen molar-refractivity contribution < 1.29 is 27.5 Å². The van der Waals surface area contributed by atoms with Crippen LogP contribution in [0.2, 0.25) is 0 Å². The number of amides is 1. The zero-order chi connectivity index (χ0) is 21.3. The lowest BCUT2D eigenvalue weighted by Crippen LogP contribution is -2.20. The molecule has 0 spiro atoms. The molecule has 2 heterocycles. The third-order valence-electron chi connectivity index (χ3n) is 4.93. The minimum Gasteiger partial charge on any atom is -0.406 e. The normalized spacial score (nSPS) is 15.5. The maximum absolute atomic E-state index is 12.8. The number of ether oxygens (including phenoxy) is 1. The van der Waals surface area contributed by atoms with E-state index in [1.807, 2.05) is 10.6 Å². The van der Waals surface area contributed by atoms with Gasteiger partial charge in [0.05, 0.1) is 11.6 Å². The molecule has 154 valence electrons. The standard InChI is InChI=1S/C22H17F3N2O3/c23-22(24,25)30-16-8-4-7-15(13-16)26-21(29)17-11-12-27-18(17)9-10-19(27)20(28)14-5-2-1-3-6-14/h1-10,13,17H,11-12H2,(H,26,29)/t17-/m0/s1. The molecule has 0 saturated heterocycles. The molecular formula is C22H17F3N2O3. The monoisotopic (exact) mass is 414 g/mol. The van der Waals surface area contributed by atoms with Gasteiger partial charge in [-0.3, -0.25) is 9.59 Å². The zero-order valence-corrected chi connectivity index (χ0v) is 15.6. The largest absolute Gasteiger partial charge is 0.573 e. The average molecular weight is 414 g/mol. The maximum atomic E-state index is 12.8. The molecule has 0 bridgehead atoms. The molecule has 0 aliphatic carbocycles. The van der Waals surface area contributed by atoms with Crippen LogP contribution in [0, 0.1) is 0 Å². The lowest BCUT2D eigenvalue weighted by Gasteiger charge is -2.13. The first-order valence-electron chi connectivity index (χ1n) is 9.28. The third-order valence-corrected chi connectivity index (χ3v) is 4.93. The smallest absolute Gasteiger partial charge is 0.406 e. The van der Waals surface area contributed by atoms with E-state index >= 15 is 0 Å². The van der Waals surface area contributed by atoms with Crippen LogP contribution in [0.5, 0.6) is 5.75 Å². The van der Waals surface area contributed by atoms with Gasteiger partial charge in [0.1, 0.15) is 5.75 Å². The third kappa shape index (κ3) is 4.07. The fourth-order valence-corrected chi connectivity index (χ4v) is 3.64. The molecule has 4 rings (SSSR count). The molecule has 0 saturated carbocycles. The first-order valence-corrected chi connectivity index (χ1v) is 9.28. The van der Waals surface area contributed by atoms with Crippen LogP contribution in [-0.4, -0.2) is 22.6 Å². The highest BCUT2D eigenvalue weighted by Crippen LogP contribution is 2.33. The molecule has 1 N–H and O–H groups in total. The summed E-state index contributed by atoms with van der Waals surface area (Å²) in [6.07, 6.45) is -4.31. The summed E-state index contributed by atoms with van der Waals surface area (Å²) in [7, 11) is 0. The van der Waals surface area contributed by atoms with Crippen molar-refractivity contribution >= 4 is 17.4 Å². The summed E-state index contributed by atoms with van der Waals surface area (Å²) < 4.78 is 42.9. The second-order valence-electron chi connectivity index (χ2n) is 6.90. The van der Waals surface area contributed by atoms with Gasteiger partial charge in [-0.1, -0.05) is 36.4 Å². The topological polar surface area (TPSA) is 60.3 Å². The van der Waals surface area contributed by atoms with Crippen LogP contribution < -0.4 is 10.1 Å². The van der Waals surface area contributed by atoms with Crippen LogP contribution >= 0.6 is 0 Å². The fraction of sp³-hybridized carbons (Fsp3) is 0.182. The lowest BCUT2D eigenvalue weighted by molar-refractivity contribution is -0.274. The van der Waals surface area contributed by atoms with Crippen molar-refractivity contribution in [3.63, 3.8) is 0 Å². The minimum atomic E-state index is -4.81. The highest BCUT2D eigenvalue weighted by Gasteiger charge is 2.33. The predicted octanol–water partition coefficient (Wildman–Crippen LogP) is 4.74. The average Bonchev–Trinajstić information content (AvgIpc) is 3.29. The van der Waals surface area contributed by atoms with Gasteiger partial charge in [0.25, 0.3) is 0 Å². The number of fused-ring (bicyclic) bond motifs is 1. The van der Waals surface area contributed by atoms with Gasteiger partial charge >= 0.3 is 6.36 Å². The Hall–Kier alpha value is -3.55. The van der Waals surface area contributed by atoms with Crippen molar-refractivity contribution in [1.29, 1.82) is 0 Å². The Kier molecular flexibility index (Phi) is 5.07. The Balaban J connectivity index is 1.50. The lowest BCUT2D eigenvalue weighted by atomic mass is 10.0. The first-order chi connectivity index (χ1) is 14.3. The van der Waals surface area contributed by atoms with Gasteiger partial charge in [-0.2, -0.15) is 0 Å². The van der Waals surface area contributed by atoms with Crippen LogP contribution in [0.4, 0.5) is 18.9 Å². The Morgan fingerprint density at radius 2 is 1.77 bits per heavy atom. The van der Waals surface area contributed by atoms with Crippen LogP contribution in [-0.2, 0) is 11.3 Å². The summed E-state index contributed by atoms with van der Waals surface area (Å²) in [5, 5.41) is 2.64. The number of hydrogen-bond donors (Lipinski definition) is 1. The molecular weight excluding hydrogens is 397 g/mol. The summed E-state index contributed by atoms with van der Waals surface area (Å²) in [6.45, 7) is 0.506. The molecule has 3 aromatic rings. The Bertz CT molecular complexity index is 1090. The number of ketones is 1. The van der Waals surface area contributed by atoms with Gasteiger partial charge in [-0.15, -0.1) is 13.2 Å². The van der Waals surface area contributed by atoms with E-state index in [0.29, 0.717) is 29.9 Å². The van der Waals surface area contributed by atoms with E-state index in [9.17, 15) is 22.8 Å². The Morgan fingerprint density at radius 1 is 1.00 bits per heavy atom. The van der Waals surface area contributed by atoms with Crippen LogP contribution in [0.1, 0.15) is 34.1 Å². The molecule has 1 aromatic heterocycles. The molecule has 0 unspecified atom stereocenters. The van der Waals surface area contributed by atoms with Gasteiger partial charge in [-0.25, -0.2) is 0 Å². The predicted molar refractivity (Wildman–Crippen MR) is 103 cm³/mol. The number of benzene rings is 2. The number of nitrogens with zero attached hydrogens (tertiary/aromatic N) is 1. The first kappa shape index (κ1) is 19.8. The number of alkyl halides is 3. The quantitative estimate of drug-likeness (QED) is 0.614. The van der Waals surface area contributed by atoms with Gasteiger partial charge < -0.3 is 14.6 Å². The summed E-state index contributed by atoms with van der Waals surface area (Å²) in [6, 6.07) is 17.4. The van der Waals surface area contributed by atoms with Gasteiger partial charge in [0.15, 0.2) is 0 Å². The SMILES string of the molecule is O=C(c1ccccc1)c1ccc2n1CC[C@@H]2C(=O)Nc1cccc(OC(F)(F)F)c1. The number of anilines is 1. The molecule has 8 heteroatoms. The molecule has 5 nitrogen and oxygen atoms in total. The van der Waals surface area contributed by atoms with Crippen molar-refractivity contribution in [3.8, 4) is 5.75 Å². The van der Waals surface area contributed by atoms with Crippen molar-refractivity contribution in [2.45, 2.75) is 25.2 Å². The number of carbonyl (C=O) groups excluding carboxylic acids is 2. The maximum Gasteiger partial charge on any atom is 0.573 e. The van der Waals surface area contributed by atoms with Crippen LogP contribution in [0.25, 0.3) is 0 Å². The van der Waals surface area contributed by atoms with Crippen LogP contribution in [0.15, 0.2) is 66.7 Å². The number of aromatic nitrogens is 1. The zero-order valence-electron chi connectivity index (χ0n) is 15.6. The highest BCUT2D eigenvalue weighted by atomic mass is 19.4. The summed E-state index contributed by atoms with van der Waals surface area (Å²) in [5.74, 6) is -1.39. The molecule has 0 fully saturated rings. The van der Waals surface area contributed by atoms with E-state index in [-0.39, 0.29) is 17.4 Å². The fourth-order valence-electron chi connectivity index (χ4n) is 3.64. The van der Waals surface area contributed by atoms with Crippen molar-refractivity contribution in [2.24, 2.45) is 0 Å². The highest BCUT2D eigenvalue weighted by molar-refractivity contribution is 6.08. The molecule has 0 radical (unpaired) electrons. The van der Waals surface area contributed by atoms with E-state index in [4.69, 9.17) is 0 Å². The second kappa shape index (κ2) is 7.70. The van der Waals surface area contributed by atoms with E-state index in [0.717, 1.165) is 12.1 Å². The second-order valence-corrected chi connectivity index (χ2v) is 6.90. The minimum absolute atomic E-state index is 0.125.